The molecular formula is C47H60N8O7. The molecule has 15 heteroatoms. The van der Waals surface area contributed by atoms with Crippen LogP contribution in [0.25, 0.3) is 33.6 Å². The standard InChI is InChI=1S/C47H60N8O7/c1-27(2)39(52-45(58)60-5)43(56)54-25-34(31-7-8-31)21-37(54)41-48-23-35(50-41)32-13-9-29(10-14-32)30-11-15-33(16-12-30)36-24-49-42(51-36)38-22-47(17-19-62-20-18-47)26-55(38)44(57)40(28(3)4)53-46(59)61-6/h9-16,23-24,27-28,31,34,37-40H,7-8,17-22,25-26H2,1-6H3,(H,48,50)(H,49,51)(H,52,58)(H,53,59)/t34-,37-,38-,39-,40-/m0/s1. The van der Waals surface area contributed by atoms with E-state index in [4.69, 9.17) is 24.2 Å². The first-order valence-corrected chi connectivity index (χ1v) is 22.1. The highest BCUT2D eigenvalue weighted by atomic mass is 16.5. The van der Waals surface area contributed by atoms with Gasteiger partial charge in [-0.25, -0.2) is 19.6 Å². The molecule has 5 heterocycles. The molecule has 15 nitrogen and oxygen atoms in total. The van der Waals surface area contributed by atoms with E-state index in [1.807, 2.05) is 49.9 Å². The molecule has 8 rings (SSSR count). The molecular weight excluding hydrogens is 789 g/mol. The zero-order valence-corrected chi connectivity index (χ0v) is 36.6. The van der Waals surface area contributed by atoms with Gasteiger partial charge in [0.2, 0.25) is 11.8 Å². The maximum absolute atomic E-state index is 14.1. The summed E-state index contributed by atoms with van der Waals surface area (Å²) in [5, 5.41) is 5.52. The Balaban J connectivity index is 0.960. The van der Waals surface area contributed by atoms with Gasteiger partial charge in [0, 0.05) is 26.3 Å². The van der Waals surface area contributed by atoms with Gasteiger partial charge in [-0.2, -0.15) is 0 Å². The van der Waals surface area contributed by atoms with Crippen LogP contribution in [-0.4, -0.2) is 106 Å². The third kappa shape index (κ3) is 8.95. The van der Waals surface area contributed by atoms with Crippen molar-refractivity contribution in [2.75, 3.05) is 40.5 Å². The number of aromatic amines is 2. The molecule has 0 radical (unpaired) electrons. The normalized spacial score (nSPS) is 21.9. The van der Waals surface area contributed by atoms with E-state index in [0.29, 0.717) is 38.1 Å². The highest BCUT2D eigenvalue weighted by Gasteiger charge is 2.50. The predicted octanol–water partition coefficient (Wildman–Crippen LogP) is 7.26. The van der Waals surface area contributed by atoms with Crippen LogP contribution in [-0.2, 0) is 23.8 Å². The largest absolute Gasteiger partial charge is 0.453 e. The molecule has 0 bridgehead atoms. The molecule has 62 heavy (non-hydrogen) atoms. The molecule has 5 atom stereocenters. The summed E-state index contributed by atoms with van der Waals surface area (Å²) in [6, 6.07) is 14.8. The summed E-state index contributed by atoms with van der Waals surface area (Å²) in [6.45, 7) is 10.2. The topological polar surface area (TPSA) is 184 Å². The van der Waals surface area contributed by atoms with Crippen molar-refractivity contribution in [2.24, 2.45) is 29.1 Å². The number of ether oxygens (including phenoxy) is 3. The van der Waals surface area contributed by atoms with Crippen molar-refractivity contribution in [3.63, 3.8) is 0 Å². The summed E-state index contributed by atoms with van der Waals surface area (Å²) in [7, 11) is 2.61. The number of rotatable bonds is 12. The number of benzene rings is 2. The number of hydrogen-bond donors (Lipinski definition) is 4. The Bertz CT molecular complexity index is 2220. The molecule has 2 aromatic heterocycles. The third-order valence-corrected chi connectivity index (χ3v) is 13.6. The second-order valence-electron chi connectivity index (χ2n) is 18.4. The predicted molar refractivity (Wildman–Crippen MR) is 232 cm³/mol. The number of nitrogens with zero attached hydrogens (tertiary/aromatic N) is 4. The maximum Gasteiger partial charge on any atom is 0.407 e. The van der Waals surface area contributed by atoms with E-state index in [1.54, 1.807) is 0 Å². The minimum Gasteiger partial charge on any atom is -0.453 e. The van der Waals surface area contributed by atoms with Crippen LogP contribution < -0.4 is 10.6 Å². The summed E-state index contributed by atoms with van der Waals surface area (Å²) in [4.78, 5) is 73.0. The minimum absolute atomic E-state index is 0.0745. The van der Waals surface area contributed by atoms with E-state index in [-0.39, 0.29) is 41.1 Å². The van der Waals surface area contributed by atoms with E-state index < -0.39 is 24.3 Å². The lowest BCUT2D eigenvalue weighted by atomic mass is 9.78. The second kappa shape index (κ2) is 18.0. The molecule has 0 unspecified atom stereocenters. The number of carbonyl (C=O) groups excluding carboxylic acids is 4. The molecule has 3 saturated heterocycles. The van der Waals surface area contributed by atoms with Gasteiger partial charge in [0.25, 0.3) is 0 Å². The van der Waals surface area contributed by atoms with Crippen molar-refractivity contribution in [3.8, 4) is 33.6 Å². The van der Waals surface area contributed by atoms with Crippen LogP contribution in [0.1, 0.15) is 90.0 Å². The monoisotopic (exact) mass is 848 g/mol. The van der Waals surface area contributed by atoms with Crippen LogP contribution in [0.3, 0.4) is 0 Å². The van der Waals surface area contributed by atoms with Crippen molar-refractivity contribution in [3.05, 3.63) is 72.6 Å². The lowest BCUT2D eigenvalue weighted by Crippen LogP contribution is -2.51. The first kappa shape index (κ1) is 43.0. The lowest BCUT2D eigenvalue weighted by molar-refractivity contribution is -0.136. The van der Waals surface area contributed by atoms with Gasteiger partial charge in [0.15, 0.2) is 0 Å². The van der Waals surface area contributed by atoms with Gasteiger partial charge >= 0.3 is 12.2 Å². The summed E-state index contributed by atoms with van der Waals surface area (Å²) in [6.07, 6.45) is 8.14. The van der Waals surface area contributed by atoms with Gasteiger partial charge in [-0.1, -0.05) is 76.2 Å². The molecule has 330 valence electrons. The van der Waals surface area contributed by atoms with Gasteiger partial charge in [0.1, 0.15) is 23.7 Å². The zero-order valence-electron chi connectivity index (χ0n) is 36.6. The summed E-state index contributed by atoms with van der Waals surface area (Å²) >= 11 is 0. The van der Waals surface area contributed by atoms with Crippen LogP contribution in [0.5, 0.6) is 0 Å². The quantitative estimate of drug-likeness (QED) is 0.114. The van der Waals surface area contributed by atoms with E-state index in [0.717, 1.165) is 71.0 Å². The number of imidazole rings is 2. The number of aromatic nitrogens is 4. The van der Waals surface area contributed by atoms with Crippen LogP contribution in [0.2, 0.25) is 0 Å². The minimum atomic E-state index is -0.727. The second-order valence-corrected chi connectivity index (χ2v) is 18.4. The van der Waals surface area contributed by atoms with E-state index in [2.05, 4.69) is 69.1 Å². The van der Waals surface area contributed by atoms with E-state index >= 15 is 0 Å². The van der Waals surface area contributed by atoms with Crippen LogP contribution in [0, 0.1) is 29.1 Å². The van der Waals surface area contributed by atoms with E-state index in [9.17, 15) is 19.2 Å². The van der Waals surface area contributed by atoms with Gasteiger partial charge in [0.05, 0.1) is 50.1 Å². The number of carbonyl (C=O) groups is 4. The molecule has 4 fully saturated rings. The van der Waals surface area contributed by atoms with Crippen LogP contribution >= 0.6 is 0 Å². The summed E-state index contributed by atoms with van der Waals surface area (Å²) in [5.41, 5.74) is 5.73. The smallest absolute Gasteiger partial charge is 0.407 e. The Morgan fingerprint density at radius 3 is 1.63 bits per heavy atom. The van der Waals surface area contributed by atoms with Gasteiger partial charge < -0.3 is 44.6 Å². The average Bonchev–Trinajstić information content (AvgIpc) is 3.63. The number of H-pyrrole nitrogens is 2. The third-order valence-electron chi connectivity index (χ3n) is 13.6. The van der Waals surface area contributed by atoms with Gasteiger partial charge in [-0.05, 0) is 89.9 Å². The number of amides is 4. The average molecular weight is 849 g/mol. The zero-order chi connectivity index (χ0) is 43.7. The summed E-state index contributed by atoms with van der Waals surface area (Å²) in [5.74, 6) is 2.02. The van der Waals surface area contributed by atoms with Crippen molar-refractivity contribution >= 4 is 24.0 Å². The SMILES string of the molecule is COC(=O)N[C@H](C(=O)N1C[C@@H](C2CC2)C[C@H]1c1ncc(-c2ccc(-c3ccc(-c4cnc([C@@H]5CC6(CCOCC6)CN5C(=O)[C@@H](NC(=O)OC)C(C)C)[nH]4)cc3)cc2)[nH]1)C(C)C. The summed E-state index contributed by atoms with van der Waals surface area (Å²) < 4.78 is 15.4. The Hall–Kier alpha value is -5.70. The van der Waals surface area contributed by atoms with Gasteiger partial charge in [-0.15, -0.1) is 0 Å². The van der Waals surface area contributed by atoms with Crippen LogP contribution in [0.4, 0.5) is 9.59 Å². The Kier molecular flexibility index (Phi) is 12.4. The van der Waals surface area contributed by atoms with Gasteiger partial charge in [-0.3, -0.25) is 9.59 Å². The van der Waals surface area contributed by atoms with Crippen molar-refractivity contribution in [1.29, 1.82) is 0 Å². The first-order chi connectivity index (χ1) is 29.9. The maximum atomic E-state index is 14.1. The number of hydrogen-bond acceptors (Lipinski definition) is 9. The molecule has 3 aliphatic heterocycles. The highest BCUT2D eigenvalue weighted by molar-refractivity contribution is 5.87. The number of methoxy groups -OCH3 is 2. The molecule has 4 aliphatic rings. The van der Waals surface area contributed by atoms with Crippen molar-refractivity contribution in [2.45, 2.75) is 90.4 Å². The van der Waals surface area contributed by atoms with Crippen molar-refractivity contribution in [1.82, 2.24) is 40.4 Å². The molecule has 4 amide bonds. The fourth-order valence-corrected chi connectivity index (χ4v) is 9.73. The fraction of sp³-hybridized carbons (Fsp3) is 0.532. The fourth-order valence-electron chi connectivity index (χ4n) is 9.73. The van der Waals surface area contributed by atoms with E-state index in [1.165, 1.54) is 27.1 Å². The number of alkyl carbamates (subject to hydrolysis) is 2. The molecule has 1 saturated carbocycles. The van der Waals surface area contributed by atoms with Crippen LogP contribution in [0.15, 0.2) is 60.9 Å². The lowest BCUT2D eigenvalue weighted by Gasteiger charge is -2.34. The molecule has 4 N–H and O–H groups in total. The Labute approximate surface area is 363 Å². The Morgan fingerprint density at radius 1 is 0.694 bits per heavy atom. The molecule has 2 aromatic carbocycles. The highest BCUT2D eigenvalue weighted by Crippen LogP contribution is 2.49. The number of nitrogens with one attached hydrogen (secondary N) is 4. The molecule has 1 spiro atoms. The molecule has 4 aromatic rings. The Morgan fingerprint density at radius 2 is 1.16 bits per heavy atom. The number of likely N-dealkylation sites (tertiary alicyclic amines) is 2. The molecule has 1 aliphatic carbocycles. The van der Waals surface area contributed by atoms with Crippen molar-refractivity contribution < 1.29 is 33.4 Å². The first-order valence-electron chi connectivity index (χ1n) is 22.1.